The Bertz CT molecular complexity index is 3430. The molecule has 0 atom stereocenters. The molecule has 10 aromatic rings. The summed E-state index contributed by atoms with van der Waals surface area (Å²) < 4.78 is 47.6. The number of benzene rings is 9. The Labute approximate surface area is 493 Å². The maximum absolute atomic E-state index is 15.3. The van der Waals surface area contributed by atoms with Crippen LogP contribution >= 0.6 is 0 Å². The van der Waals surface area contributed by atoms with Crippen molar-refractivity contribution in [1.29, 1.82) is 0 Å². The molecular weight excluding hydrogens is 1020 g/mol. The van der Waals surface area contributed by atoms with Crippen LogP contribution in [0.2, 0.25) is 0 Å². The average molecular weight is 1100 g/mol. The number of aromatic nitrogens is 1. The van der Waals surface area contributed by atoms with Crippen LogP contribution in [-0.4, -0.2) is 4.57 Å². The van der Waals surface area contributed by atoms with E-state index < -0.39 is 11.7 Å². The monoisotopic (exact) mass is 1100 g/mol. The fourth-order valence-corrected chi connectivity index (χ4v) is 13.0. The maximum atomic E-state index is 15.3. The molecule has 0 unspecified atom stereocenters. The molecule has 0 radical (unpaired) electrons. The predicted molar refractivity (Wildman–Crippen MR) is 350 cm³/mol. The van der Waals surface area contributed by atoms with Gasteiger partial charge >= 0.3 is 6.18 Å². The Balaban J connectivity index is 1.24. The van der Waals surface area contributed by atoms with E-state index in [-0.39, 0.29) is 5.69 Å². The van der Waals surface area contributed by atoms with Crippen LogP contribution in [0.4, 0.5) is 13.2 Å². The molecule has 0 spiro atoms. The molecule has 9 aromatic carbocycles. The van der Waals surface area contributed by atoms with E-state index in [1.165, 1.54) is 78.9 Å². The molecule has 0 aliphatic heterocycles. The molecule has 0 aliphatic rings. The first-order chi connectivity index (χ1) is 40.3. The minimum Gasteiger partial charge on any atom is -0.309 e. The van der Waals surface area contributed by atoms with Crippen LogP contribution in [0.5, 0.6) is 0 Å². The Morgan fingerprint density at radius 1 is 0.265 bits per heavy atom. The molecular formula is C79H84F3N. The number of halogens is 3. The lowest BCUT2D eigenvalue weighted by Crippen LogP contribution is -2.10. The molecule has 0 amide bonds. The number of rotatable bonds is 23. The zero-order valence-corrected chi connectivity index (χ0v) is 50.6. The second-order valence-corrected chi connectivity index (χ2v) is 23.6. The molecule has 426 valence electrons. The quantitative estimate of drug-likeness (QED) is 0.0602. The molecule has 0 saturated carbocycles. The number of aryl methyl sites for hydroxylation is 8. The van der Waals surface area contributed by atoms with E-state index in [2.05, 4.69) is 201 Å². The number of nitrogens with zero attached hydrogens (tertiary/aromatic N) is 1. The molecule has 0 bridgehead atoms. The second kappa shape index (κ2) is 26.4. The minimum absolute atomic E-state index is 0.114. The van der Waals surface area contributed by atoms with Gasteiger partial charge in [0.25, 0.3) is 0 Å². The number of hydrogen-bond donors (Lipinski definition) is 0. The molecule has 4 heteroatoms. The molecule has 0 aliphatic carbocycles. The highest BCUT2D eigenvalue weighted by atomic mass is 19.4. The molecule has 0 N–H and O–H groups in total. The highest BCUT2D eigenvalue weighted by Gasteiger charge is 2.34. The summed E-state index contributed by atoms with van der Waals surface area (Å²) in [6.07, 6.45) is 12.1. The topological polar surface area (TPSA) is 4.93 Å². The van der Waals surface area contributed by atoms with Gasteiger partial charge in [-0.1, -0.05) is 204 Å². The maximum Gasteiger partial charge on any atom is 0.418 e. The van der Waals surface area contributed by atoms with Crippen molar-refractivity contribution in [2.24, 2.45) is 0 Å². The summed E-state index contributed by atoms with van der Waals surface area (Å²) in [5, 5.41) is 1.80. The summed E-state index contributed by atoms with van der Waals surface area (Å²) in [7, 11) is 0. The van der Waals surface area contributed by atoms with E-state index in [1.54, 1.807) is 12.1 Å². The Morgan fingerprint density at radius 2 is 0.506 bits per heavy atom. The van der Waals surface area contributed by atoms with Gasteiger partial charge in [0.2, 0.25) is 0 Å². The van der Waals surface area contributed by atoms with Gasteiger partial charge < -0.3 is 4.57 Å². The minimum atomic E-state index is -4.57. The van der Waals surface area contributed by atoms with Crippen molar-refractivity contribution in [1.82, 2.24) is 4.57 Å². The third kappa shape index (κ3) is 13.3. The standard InChI is InChI=1S/C79H84F3N/c1-9-19-53-33-54(20-10-2)38-63(37-53)69-45-67(46-70(49-69)64-39-55(21-11-3)34-56(40-64)22-12-4)61-29-31-76-73(51-61)74-52-62(30-32-77(74)83(76)78-28-18-17-27-75(78)79(80,81)82)68-47-71(65-41-57(23-13-5)35-58(42-65)24-14-6)50-72(48-68)66-43-59(25-15-7)36-60(44-66)26-16-8/h17-18,27-52H,9-16,19-26H2,1-8H3. The van der Waals surface area contributed by atoms with Crippen molar-refractivity contribution in [3.05, 3.63) is 220 Å². The van der Waals surface area contributed by atoms with Crippen molar-refractivity contribution in [2.45, 2.75) is 164 Å². The van der Waals surface area contributed by atoms with E-state index >= 15 is 13.2 Å². The SMILES string of the molecule is CCCc1cc(CCC)cc(-c2cc(-c3cc(CCC)cc(CCC)c3)cc(-c3ccc4c(c3)c3cc(-c5cc(-c6cc(CCC)cc(CCC)c6)cc(-c6cc(CCC)cc(CCC)c6)c5)ccc3n4-c3ccccc3C(F)(F)F)c2)c1. The third-order valence-electron chi connectivity index (χ3n) is 16.6. The highest BCUT2D eigenvalue weighted by Crippen LogP contribution is 2.44. The van der Waals surface area contributed by atoms with E-state index in [0.717, 1.165) is 169 Å². The largest absolute Gasteiger partial charge is 0.418 e. The Kier molecular flexibility index (Phi) is 18.7. The van der Waals surface area contributed by atoms with Crippen LogP contribution < -0.4 is 0 Å². The lowest BCUT2D eigenvalue weighted by atomic mass is 9.89. The first kappa shape index (κ1) is 58.8. The Morgan fingerprint density at radius 3 is 0.759 bits per heavy atom. The summed E-state index contributed by atoms with van der Waals surface area (Å²) in [6.45, 7) is 18.0. The van der Waals surface area contributed by atoms with Crippen molar-refractivity contribution >= 4 is 21.8 Å². The number of alkyl halides is 3. The summed E-state index contributed by atoms with van der Waals surface area (Å²) in [5.74, 6) is 0. The molecule has 10 rings (SSSR count). The summed E-state index contributed by atoms with van der Waals surface area (Å²) >= 11 is 0. The van der Waals surface area contributed by atoms with Gasteiger partial charge in [-0.05, 0) is 235 Å². The van der Waals surface area contributed by atoms with Gasteiger partial charge in [-0.25, -0.2) is 0 Å². The summed E-state index contributed by atoms with van der Waals surface area (Å²) in [4.78, 5) is 0. The van der Waals surface area contributed by atoms with E-state index in [4.69, 9.17) is 0 Å². The van der Waals surface area contributed by atoms with Gasteiger partial charge in [0.1, 0.15) is 0 Å². The molecule has 1 nitrogen and oxygen atoms in total. The van der Waals surface area contributed by atoms with E-state index in [1.807, 2.05) is 4.57 Å². The van der Waals surface area contributed by atoms with Crippen molar-refractivity contribution in [2.75, 3.05) is 0 Å². The van der Waals surface area contributed by atoms with Crippen LogP contribution in [0.15, 0.2) is 170 Å². The first-order valence-electron chi connectivity index (χ1n) is 31.4. The summed E-state index contributed by atoms with van der Waals surface area (Å²) in [6, 6.07) is 61.7. The van der Waals surface area contributed by atoms with Gasteiger partial charge in [0.05, 0.1) is 22.3 Å². The normalized spacial score (nSPS) is 11.8. The molecule has 83 heavy (non-hydrogen) atoms. The predicted octanol–water partition coefficient (Wildman–Crippen LogP) is 23.4. The number of hydrogen-bond acceptors (Lipinski definition) is 0. The fraction of sp³-hybridized carbons (Fsp3) is 0.316. The Hall–Kier alpha value is -7.43. The van der Waals surface area contributed by atoms with Crippen molar-refractivity contribution in [3.63, 3.8) is 0 Å². The van der Waals surface area contributed by atoms with Crippen LogP contribution in [0.3, 0.4) is 0 Å². The molecule has 0 fully saturated rings. The molecule has 1 heterocycles. The van der Waals surface area contributed by atoms with Crippen LogP contribution in [0.25, 0.3) is 94.3 Å². The lowest BCUT2D eigenvalue weighted by molar-refractivity contribution is -0.137. The first-order valence-corrected chi connectivity index (χ1v) is 31.4. The van der Waals surface area contributed by atoms with Crippen LogP contribution in [0.1, 0.15) is 157 Å². The number of fused-ring (bicyclic) bond motifs is 3. The van der Waals surface area contributed by atoms with Gasteiger partial charge in [-0.2, -0.15) is 13.2 Å². The van der Waals surface area contributed by atoms with Gasteiger partial charge in [0.15, 0.2) is 0 Å². The van der Waals surface area contributed by atoms with Crippen LogP contribution in [-0.2, 0) is 57.5 Å². The van der Waals surface area contributed by atoms with Gasteiger partial charge in [-0.3, -0.25) is 0 Å². The fourth-order valence-electron chi connectivity index (χ4n) is 13.0. The van der Waals surface area contributed by atoms with Crippen molar-refractivity contribution in [3.8, 4) is 72.4 Å². The summed E-state index contributed by atoms with van der Waals surface area (Å²) in [5.41, 5.74) is 25.4. The highest BCUT2D eigenvalue weighted by molar-refractivity contribution is 6.12. The van der Waals surface area contributed by atoms with Crippen LogP contribution in [0, 0.1) is 0 Å². The lowest BCUT2D eigenvalue weighted by Gasteiger charge is -2.17. The van der Waals surface area contributed by atoms with E-state index in [0.29, 0.717) is 0 Å². The average Bonchev–Trinajstić information content (AvgIpc) is 3.44. The van der Waals surface area contributed by atoms with Gasteiger partial charge in [-0.15, -0.1) is 0 Å². The van der Waals surface area contributed by atoms with Crippen molar-refractivity contribution < 1.29 is 13.2 Å². The second-order valence-electron chi connectivity index (χ2n) is 23.6. The number of para-hydroxylation sites is 1. The zero-order valence-electron chi connectivity index (χ0n) is 50.6. The van der Waals surface area contributed by atoms with E-state index in [9.17, 15) is 0 Å². The zero-order chi connectivity index (χ0) is 58.2. The molecule has 0 saturated heterocycles. The molecule has 1 aromatic heterocycles. The third-order valence-corrected chi connectivity index (χ3v) is 16.6. The van der Waals surface area contributed by atoms with Gasteiger partial charge in [0, 0.05) is 10.8 Å². The smallest absolute Gasteiger partial charge is 0.309 e.